The molecule has 42 heavy (non-hydrogen) atoms. The van der Waals surface area contributed by atoms with Crippen LogP contribution in [0.25, 0.3) is 10.8 Å². The molecule has 0 fully saturated rings. The molecule has 2 unspecified atom stereocenters. The van der Waals surface area contributed by atoms with Gasteiger partial charge in [0.15, 0.2) is 6.29 Å². The minimum Gasteiger partial charge on any atom is -0.462 e. The third-order valence-electron chi connectivity index (χ3n) is 7.63. The molecule has 3 aromatic rings. The second-order valence-corrected chi connectivity index (χ2v) is 11.4. The first-order valence-corrected chi connectivity index (χ1v) is 15.3. The number of esters is 1. The smallest absolute Gasteiger partial charge is 0.333 e. The number of carbonyl (C=O) groups excluding carboxylic acids is 1. The number of hydrogen-bond acceptors (Lipinski definition) is 5. The third kappa shape index (κ3) is 11.2. The van der Waals surface area contributed by atoms with Gasteiger partial charge in [-0.05, 0) is 72.1 Å². The lowest BCUT2D eigenvalue weighted by molar-refractivity contribution is -0.142. The van der Waals surface area contributed by atoms with Gasteiger partial charge in [-0.15, -0.1) is 0 Å². The van der Waals surface area contributed by atoms with Crippen molar-refractivity contribution in [2.75, 3.05) is 19.8 Å². The van der Waals surface area contributed by atoms with Gasteiger partial charge in [0.25, 0.3) is 0 Å². The monoisotopic (exact) mass is 572 g/mol. The maximum absolute atomic E-state index is 12.0. The summed E-state index contributed by atoms with van der Waals surface area (Å²) in [4.78, 5) is 12.0. The van der Waals surface area contributed by atoms with Crippen molar-refractivity contribution in [3.8, 4) is 0 Å². The zero-order chi connectivity index (χ0) is 30.3. The van der Waals surface area contributed by atoms with E-state index >= 15 is 0 Å². The van der Waals surface area contributed by atoms with E-state index in [1.165, 1.54) is 60.6 Å². The summed E-state index contributed by atoms with van der Waals surface area (Å²) in [7, 11) is 0. The molecule has 0 aromatic heterocycles. The Morgan fingerprint density at radius 2 is 1.36 bits per heavy atom. The van der Waals surface area contributed by atoms with Crippen molar-refractivity contribution in [1.82, 2.24) is 0 Å². The van der Waals surface area contributed by atoms with Crippen molar-refractivity contribution < 1.29 is 24.5 Å². The van der Waals surface area contributed by atoms with Gasteiger partial charge in [0, 0.05) is 17.1 Å². The minimum absolute atomic E-state index is 0.126. The molecule has 0 aliphatic rings. The molecular formula is C37H48O5. The molecule has 0 radical (unpaired) electrons. The second kappa shape index (κ2) is 17.6. The largest absolute Gasteiger partial charge is 0.462 e. The molecule has 2 N–H and O–H groups in total. The van der Waals surface area contributed by atoms with Crippen LogP contribution in [0.3, 0.4) is 0 Å². The average molecular weight is 573 g/mol. The summed E-state index contributed by atoms with van der Waals surface area (Å²) in [5.41, 5.74) is 5.71. The first-order chi connectivity index (χ1) is 20.3. The van der Waals surface area contributed by atoms with E-state index in [4.69, 9.17) is 9.47 Å². The Kier molecular flexibility index (Phi) is 14.0. The topological polar surface area (TPSA) is 76.0 Å². The highest BCUT2D eigenvalue weighted by molar-refractivity contribution is 5.87. The van der Waals surface area contributed by atoms with Crippen molar-refractivity contribution in [1.29, 1.82) is 0 Å². The van der Waals surface area contributed by atoms with E-state index < -0.39 is 12.3 Å². The summed E-state index contributed by atoms with van der Waals surface area (Å²) in [5, 5.41) is 21.6. The van der Waals surface area contributed by atoms with Crippen molar-refractivity contribution in [2.24, 2.45) is 5.92 Å². The highest BCUT2D eigenvalue weighted by Gasteiger charge is 2.17. The Morgan fingerprint density at radius 1 is 0.786 bits per heavy atom. The second-order valence-electron chi connectivity index (χ2n) is 11.4. The normalized spacial score (nSPS) is 12.7. The Morgan fingerprint density at radius 3 is 2.00 bits per heavy atom. The van der Waals surface area contributed by atoms with Crippen LogP contribution in [0, 0.1) is 5.92 Å². The van der Waals surface area contributed by atoms with Gasteiger partial charge in [-0.25, -0.2) is 4.79 Å². The average Bonchev–Trinajstić information content (AvgIpc) is 3.00. The molecule has 0 spiro atoms. The Hall–Kier alpha value is -3.25. The zero-order valence-corrected chi connectivity index (χ0v) is 25.4. The quantitative estimate of drug-likeness (QED) is 0.0518. The first-order valence-electron chi connectivity index (χ1n) is 15.3. The van der Waals surface area contributed by atoms with Gasteiger partial charge < -0.3 is 19.7 Å². The van der Waals surface area contributed by atoms with E-state index in [0.29, 0.717) is 12.0 Å². The van der Waals surface area contributed by atoms with Crippen molar-refractivity contribution in [3.63, 3.8) is 0 Å². The fourth-order valence-electron chi connectivity index (χ4n) is 4.96. The van der Waals surface area contributed by atoms with Crippen LogP contribution in [0.5, 0.6) is 0 Å². The highest BCUT2D eigenvalue weighted by atomic mass is 16.6. The molecule has 0 aliphatic heterocycles. The third-order valence-corrected chi connectivity index (χ3v) is 7.63. The molecule has 5 nitrogen and oxygen atoms in total. The predicted molar refractivity (Wildman–Crippen MR) is 171 cm³/mol. The van der Waals surface area contributed by atoms with Gasteiger partial charge >= 0.3 is 5.97 Å². The van der Waals surface area contributed by atoms with E-state index in [0.717, 1.165) is 23.8 Å². The van der Waals surface area contributed by atoms with E-state index in [-0.39, 0.29) is 31.3 Å². The molecule has 2 atom stereocenters. The molecule has 226 valence electrons. The zero-order valence-electron chi connectivity index (χ0n) is 25.4. The highest BCUT2D eigenvalue weighted by Crippen LogP contribution is 2.22. The SMILES string of the molecule is C=C(C)C(=O)OCC(COC(O)C(=C)CO)Cc1ccc2cc(CCc3ccc(CCCCCCC)cc3)ccc2c1. The lowest BCUT2D eigenvalue weighted by Crippen LogP contribution is -2.26. The van der Waals surface area contributed by atoms with Crippen LogP contribution in [0.1, 0.15) is 68.2 Å². The maximum atomic E-state index is 12.0. The number of aliphatic hydroxyl groups is 2. The first kappa shape index (κ1) is 33.3. The molecule has 0 heterocycles. The predicted octanol–water partition coefficient (Wildman–Crippen LogP) is 7.30. The summed E-state index contributed by atoms with van der Waals surface area (Å²) in [6.45, 7) is 11.0. The van der Waals surface area contributed by atoms with Gasteiger partial charge in [-0.1, -0.05) is 106 Å². The van der Waals surface area contributed by atoms with Crippen molar-refractivity contribution in [2.45, 2.75) is 77.9 Å². The van der Waals surface area contributed by atoms with Crippen LogP contribution in [-0.2, 0) is 40.0 Å². The molecule has 3 rings (SSSR count). The number of aliphatic hydroxyl groups excluding tert-OH is 2. The van der Waals surface area contributed by atoms with E-state index in [2.05, 4.69) is 80.7 Å². The number of rotatable bonds is 19. The van der Waals surface area contributed by atoms with E-state index in [1.807, 2.05) is 0 Å². The number of ether oxygens (including phenoxy) is 2. The van der Waals surface area contributed by atoms with Gasteiger partial charge in [-0.3, -0.25) is 0 Å². The fourth-order valence-corrected chi connectivity index (χ4v) is 4.96. The maximum Gasteiger partial charge on any atom is 0.333 e. The van der Waals surface area contributed by atoms with Crippen molar-refractivity contribution >= 4 is 16.7 Å². The van der Waals surface area contributed by atoms with Crippen LogP contribution < -0.4 is 0 Å². The van der Waals surface area contributed by atoms with Gasteiger partial charge in [0.05, 0.1) is 19.8 Å². The van der Waals surface area contributed by atoms with Crippen LogP contribution in [0.15, 0.2) is 85.0 Å². The van der Waals surface area contributed by atoms with Crippen LogP contribution in [0.2, 0.25) is 0 Å². The number of benzene rings is 3. The fraction of sp³-hybridized carbons (Fsp3) is 0.432. The summed E-state index contributed by atoms with van der Waals surface area (Å²) >= 11 is 0. The number of aryl methyl sites for hydroxylation is 3. The summed E-state index contributed by atoms with van der Waals surface area (Å²) in [6.07, 6.45) is 9.07. The summed E-state index contributed by atoms with van der Waals surface area (Å²) in [5.74, 6) is -0.654. The molecule has 0 aliphatic carbocycles. The Labute approximate surface area is 251 Å². The standard InChI is InChI=1S/C37H48O5/c1-5-6-7-8-9-10-29-11-13-30(14-12-29)15-16-31-17-19-35-23-32(18-20-34(35)22-31)21-33(25-41-36(39)27(2)3)26-42-37(40)28(4)24-38/h11-14,17-20,22-23,33,37-38,40H,2,4-10,15-16,21,24-26H2,1,3H3. The number of carbonyl (C=O) groups is 1. The van der Waals surface area contributed by atoms with Crippen molar-refractivity contribution in [3.05, 3.63) is 107 Å². The van der Waals surface area contributed by atoms with Crippen LogP contribution in [-0.4, -0.2) is 42.3 Å². The van der Waals surface area contributed by atoms with Gasteiger partial charge in [0.1, 0.15) is 0 Å². The minimum atomic E-state index is -1.28. The van der Waals surface area contributed by atoms with Crippen LogP contribution >= 0.6 is 0 Å². The molecule has 0 saturated carbocycles. The molecular weight excluding hydrogens is 524 g/mol. The molecule has 5 heteroatoms. The summed E-state index contributed by atoms with van der Waals surface area (Å²) in [6, 6.07) is 22.1. The molecule has 0 saturated heterocycles. The van der Waals surface area contributed by atoms with Gasteiger partial charge in [-0.2, -0.15) is 0 Å². The molecule has 3 aromatic carbocycles. The van der Waals surface area contributed by atoms with E-state index in [1.54, 1.807) is 6.92 Å². The number of fused-ring (bicyclic) bond motifs is 1. The molecule has 0 amide bonds. The Bertz CT molecular complexity index is 1290. The van der Waals surface area contributed by atoms with E-state index in [9.17, 15) is 15.0 Å². The lowest BCUT2D eigenvalue weighted by Gasteiger charge is -2.20. The number of unbranched alkanes of at least 4 members (excludes halogenated alkanes) is 4. The lowest BCUT2D eigenvalue weighted by atomic mass is 9.96. The Balaban J connectivity index is 1.57. The number of hydrogen-bond donors (Lipinski definition) is 2. The van der Waals surface area contributed by atoms with Crippen LogP contribution in [0.4, 0.5) is 0 Å². The summed E-state index contributed by atoms with van der Waals surface area (Å²) < 4.78 is 10.9. The van der Waals surface area contributed by atoms with Gasteiger partial charge in [0.2, 0.25) is 0 Å². The molecule has 0 bridgehead atoms.